The fourth-order valence-corrected chi connectivity index (χ4v) is 1.57. The number of rotatable bonds is 4. The van der Waals surface area contributed by atoms with Crippen LogP contribution in [0.25, 0.3) is 0 Å². The van der Waals surface area contributed by atoms with Gasteiger partial charge in [0.05, 0.1) is 11.0 Å². The maximum Gasteiger partial charge on any atom is 0.290 e. The van der Waals surface area contributed by atoms with Crippen LogP contribution >= 0.6 is 0 Å². The molecule has 1 N–H and O–H groups in total. The van der Waals surface area contributed by atoms with Gasteiger partial charge in [0, 0.05) is 17.7 Å². The number of aliphatic hydroxyl groups excluding tert-OH is 1. The molecule has 1 aromatic rings. The predicted octanol–water partition coefficient (Wildman–Crippen LogP) is 2.17. The lowest BCUT2D eigenvalue weighted by Crippen LogP contribution is -2.16. The van der Waals surface area contributed by atoms with Crippen molar-refractivity contribution in [2.24, 2.45) is 0 Å². The Hall–Kier alpha value is -1.49. The largest absolute Gasteiger partial charge is 0.392 e. The summed E-state index contributed by atoms with van der Waals surface area (Å²) in [6, 6.07) is 3.05. The first-order valence-electron chi connectivity index (χ1n) is 5.27. The highest BCUT2D eigenvalue weighted by atomic mass is 16.6. The van der Waals surface area contributed by atoms with E-state index in [9.17, 15) is 15.2 Å². The zero-order valence-corrected chi connectivity index (χ0v) is 9.67. The topological polar surface area (TPSA) is 76.3 Å². The number of pyridine rings is 1. The number of nitrogens with zero attached hydrogens (tertiary/aromatic N) is 2. The van der Waals surface area contributed by atoms with Crippen molar-refractivity contribution in [1.29, 1.82) is 0 Å². The van der Waals surface area contributed by atoms with Gasteiger partial charge in [-0.25, -0.2) is 0 Å². The van der Waals surface area contributed by atoms with Gasteiger partial charge in [-0.2, -0.15) is 0 Å². The van der Waals surface area contributed by atoms with Crippen molar-refractivity contribution in [3.05, 3.63) is 33.6 Å². The van der Waals surface area contributed by atoms with Crippen molar-refractivity contribution in [1.82, 2.24) is 4.98 Å². The van der Waals surface area contributed by atoms with E-state index in [-0.39, 0.29) is 11.6 Å². The number of hydrogen-bond acceptors (Lipinski definition) is 4. The standard InChI is InChI=1S/C11H16N2O3/c1-4-11(14)7(2)9-5-6-10(13(15)16)8(3)12-9/h5-7,11,14H,4H2,1-3H3. The minimum atomic E-state index is -0.464. The van der Waals surface area contributed by atoms with Gasteiger partial charge in [0.15, 0.2) is 0 Å². The van der Waals surface area contributed by atoms with E-state index in [4.69, 9.17) is 0 Å². The molecule has 0 fully saturated rings. The zero-order chi connectivity index (χ0) is 12.3. The summed E-state index contributed by atoms with van der Waals surface area (Å²) in [7, 11) is 0. The Morgan fingerprint density at radius 1 is 1.56 bits per heavy atom. The van der Waals surface area contributed by atoms with Crippen LogP contribution in [-0.2, 0) is 0 Å². The van der Waals surface area contributed by atoms with Crippen LogP contribution in [0.1, 0.15) is 37.6 Å². The molecule has 0 bridgehead atoms. The molecular weight excluding hydrogens is 208 g/mol. The molecule has 0 saturated carbocycles. The Balaban J connectivity index is 3.01. The van der Waals surface area contributed by atoms with Gasteiger partial charge in [-0.3, -0.25) is 15.1 Å². The SMILES string of the molecule is CCC(O)C(C)c1ccc([N+](=O)[O-])c(C)n1. The molecule has 1 rings (SSSR count). The van der Waals surface area contributed by atoms with Crippen LogP contribution in [0.4, 0.5) is 5.69 Å². The maximum absolute atomic E-state index is 10.6. The van der Waals surface area contributed by atoms with Crippen molar-refractivity contribution in [3.8, 4) is 0 Å². The second-order valence-electron chi connectivity index (χ2n) is 3.86. The van der Waals surface area contributed by atoms with Gasteiger partial charge in [0.2, 0.25) is 0 Å². The van der Waals surface area contributed by atoms with Crippen LogP contribution in [0.5, 0.6) is 0 Å². The molecular formula is C11H16N2O3. The van der Waals surface area contributed by atoms with Gasteiger partial charge in [0.25, 0.3) is 5.69 Å². The van der Waals surface area contributed by atoms with Gasteiger partial charge >= 0.3 is 0 Å². The van der Waals surface area contributed by atoms with Crippen LogP contribution in [0.3, 0.4) is 0 Å². The van der Waals surface area contributed by atoms with E-state index in [2.05, 4.69) is 4.98 Å². The molecule has 0 aliphatic heterocycles. The molecule has 0 aliphatic carbocycles. The Kier molecular flexibility index (Phi) is 3.95. The monoisotopic (exact) mass is 224 g/mol. The highest BCUT2D eigenvalue weighted by Crippen LogP contribution is 2.23. The molecule has 0 saturated heterocycles. The number of nitro groups is 1. The van der Waals surface area contributed by atoms with Crippen molar-refractivity contribution < 1.29 is 10.0 Å². The minimum Gasteiger partial charge on any atom is -0.392 e. The summed E-state index contributed by atoms with van der Waals surface area (Å²) in [6.07, 6.45) is 0.173. The molecule has 5 nitrogen and oxygen atoms in total. The Morgan fingerprint density at radius 2 is 2.19 bits per heavy atom. The summed E-state index contributed by atoms with van der Waals surface area (Å²) in [5.41, 5.74) is 1.09. The number of aryl methyl sites for hydroxylation is 1. The Bertz CT molecular complexity index is 393. The quantitative estimate of drug-likeness (QED) is 0.628. The first-order chi connectivity index (χ1) is 7.47. The van der Waals surface area contributed by atoms with Crippen molar-refractivity contribution >= 4 is 5.69 Å². The smallest absolute Gasteiger partial charge is 0.290 e. The normalized spacial score (nSPS) is 14.5. The van der Waals surface area contributed by atoms with Crippen LogP contribution in [0.2, 0.25) is 0 Å². The van der Waals surface area contributed by atoms with E-state index < -0.39 is 11.0 Å². The average molecular weight is 224 g/mol. The van der Waals surface area contributed by atoms with Gasteiger partial charge in [-0.1, -0.05) is 13.8 Å². The van der Waals surface area contributed by atoms with Crippen LogP contribution in [0.15, 0.2) is 12.1 Å². The zero-order valence-electron chi connectivity index (χ0n) is 9.67. The van der Waals surface area contributed by atoms with Gasteiger partial charge in [-0.15, -0.1) is 0 Å². The van der Waals surface area contributed by atoms with E-state index in [1.807, 2.05) is 13.8 Å². The van der Waals surface area contributed by atoms with E-state index in [1.54, 1.807) is 13.0 Å². The van der Waals surface area contributed by atoms with Crippen molar-refractivity contribution in [2.75, 3.05) is 0 Å². The third-order valence-corrected chi connectivity index (χ3v) is 2.74. The summed E-state index contributed by atoms with van der Waals surface area (Å²) in [4.78, 5) is 14.3. The highest BCUT2D eigenvalue weighted by molar-refractivity contribution is 5.36. The summed E-state index contributed by atoms with van der Waals surface area (Å²) < 4.78 is 0. The van der Waals surface area contributed by atoms with Gasteiger partial charge in [-0.05, 0) is 19.4 Å². The second-order valence-corrected chi connectivity index (χ2v) is 3.86. The summed E-state index contributed by atoms with van der Waals surface area (Å²) >= 11 is 0. The fourth-order valence-electron chi connectivity index (χ4n) is 1.57. The molecule has 2 atom stereocenters. The van der Waals surface area contributed by atoms with E-state index in [0.29, 0.717) is 17.8 Å². The van der Waals surface area contributed by atoms with Crippen LogP contribution < -0.4 is 0 Å². The first kappa shape index (κ1) is 12.6. The van der Waals surface area contributed by atoms with E-state index in [1.165, 1.54) is 6.07 Å². The van der Waals surface area contributed by atoms with E-state index in [0.717, 1.165) is 0 Å². The molecule has 0 aromatic carbocycles. The maximum atomic E-state index is 10.6. The van der Waals surface area contributed by atoms with Crippen molar-refractivity contribution in [3.63, 3.8) is 0 Å². The van der Waals surface area contributed by atoms with Gasteiger partial charge < -0.3 is 5.11 Å². The molecule has 0 radical (unpaired) electrons. The molecule has 88 valence electrons. The van der Waals surface area contributed by atoms with Crippen molar-refractivity contribution in [2.45, 2.75) is 39.2 Å². The second kappa shape index (κ2) is 5.03. The number of aromatic nitrogens is 1. The lowest BCUT2D eigenvalue weighted by atomic mass is 9.98. The Labute approximate surface area is 94.3 Å². The molecule has 1 aromatic heterocycles. The molecule has 0 aliphatic rings. The van der Waals surface area contributed by atoms with E-state index >= 15 is 0 Å². The highest BCUT2D eigenvalue weighted by Gasteiger charge is 2.19. The molecule has 0 amide bonds. The average Bonchev–Trinajstić information content (AvgIpc) is 2.26. The number of aliphatic hydroxyl groups is 1. The van der Waals surface area contributed by atoms with Crippen LogP contribution in [-0.4, -0.2) is 21.1 Å². The number of hydrogen-bond donors (Lipinski definition) is 1. The predicted molar refractivity (Wildman–Crippen MR) is 60.3 cm³/mol. The lowest BCUT2D eigenvalue weighted by molar-refractivity contribution is -0.385. The molecule has 2 unspecified atom stereocenters. The molecule has 0 spiro atoms. The molecule has 5 heteroatoms. The lowest BCUT2D eigenvalue weighted by Gasteiger charge is -2.16. The third-order valence-electron chi connectivity index (χ3n) is 2.74. The molecule has 1 heterocycles. The summed E-state index contributed by atoms with van der Waals surface area (Å²) in [5.74, 6) is -0.107. The Morgan fingerprint density at radius 3 is 2.62 bits per heavy atom. The third kappa shape index (κ3) is 2.55. The van der Waals surface area contributed by atoms with Gasteiger partial charge in [0.1, 0.15) is 5.69 Å². The molecule has 16 heavy (non-hydrogen) atoms. The first-order valence-corrected chi connectivity index (χ1v) is 5.27. The minimum absolute atomic E-state index is 0.0157. The van der Waals surface area contributed by atoms with Crippen LogP contribution in [0, 0.1) is 17.0 Å². The summed E-state index contributed by atoms with van der Waals surface area (Å²) in [5, 5.41) is 20.3. The fraction of sp³-hybridized carbons (Fsp3) is 0.545. The summed E-state index contributed by atoms with van der Waals surface area (Å²) in [6.45, 7) is 5.36.